The number of anilines is 1. The second kappa shape index (κ2) is 2.55. The molecule has 0 aliphatic carbocycles. The molecule has 0 radical (unpaired) electrons. The van der Waals surface area contributed by atoms with Gasteiger partial charge in [0.15, 0.2) is 0 Å². The van der Waals surface area contributed by atoms with Crippen LogP contribution in [0.2, 0.25) is 0 Å². The highest BCUT2D eigenvalue weighted by Gasteiger charge is 2.19. The summed E-state index contributed by atoms with van der Waals surface area (Å²) in [6.07, 6.45) is 0. The number of para-hydroxylation sites is 1. The maximum Gasteiger partial charge on any atom is 0.0517 e. The predicted octanol–water partition coefficient (Wildman–Crippen LogP) is 1.19. The Morgan fingerprint density at radius 2 is 2.27 bits per heavy atom. The first kappa shape index (κ1) is 6.68. The van der Waals surface area contributed by atoms with Gasteiger partial charge < -0.3 is 10.4 Å². The van der Waals surface area contributed by atoms with Crippen LogP contribution in [-0.2, 0) is 0 Å². The number of hydrogen-bond acceptors (Lipinski definition) is 2. The number of nitrogens with one attached hydrogen (secondary N) is 1. The van der Waals surface area contributed by atoms with Crippen molar-refractivity contribution in [3.05, 3.63) is 29.8 Å². The highest BCUT2D eigenvalue weighted by atomic mass is 16.3. The molecule has 1 aliphatic heterocycles. The maximum atomic E-state index is 8.97. The molecule has 58 valence electrons. The van der Waals surface area contributed by atoms with E-state index in [4.69, 9.17) is 5.11 Å². The Bertz CT molecular complexity index is 259. The summed E-state index contributed by atoms with van der Waals surface area (Å²) in [4.78, 5) is 0. The van der Waals surface area contributed by atoms with Crippen molar-refractivity contribution in [3.8, 4) is 0 Å². The predicted molar refractivity (Wildman–Crippen MR) is 44.8 cm³/mol. The van der Waals surface area contributed by atoms with Gasteiger partial charge >= 0.3 is 0 Å². The average molecular weight is 149 g/mol. The van der Waals surface area contributed by atoms with Gasteiger partial charge in [0.05, 0.1) is 6.61 Å². The van der Waals surface area contributed by atoms with E-state index in [0.717, 1.165) is 6.54 Å². The summed E-state index contributed by atoms with van der Waals surface area (Å²) in [5.41, 5.74) is 2.42. The van der Waals surface area contributed by atoms with Gasteiger partial charge in [-0.2, -0.15) is 0 Å². The molecule has 1 aliphatic rings. The van der Waals surface area contributed by atoms with Gasteiger partial charge in [0.1, 0.15) is 0 Å². The zero-order chi connectivity index (χ0) is 7.68. The first-order chi connectivity index (χ1) is 5.42. The second-order valence-corrected chi connectivity index (χ2v) is 2.85. The van der Waals surface area contributed by atoms with E-state index in [2.05, 4.69) is 11.4 Å². The van der Waals surface area contributed by atoms with Gasteiger partial charge in [0, 0.05) is 18.2 Å². The van der Waals surface area contributed by atoms with Crippen LogP contribution in [0.3, 0.4) is 0 Å². The van der Waals surface area contributed by atoms with Crippen molar-refractivity contribution in [3.63, 3.8) is 0 Å². The van der Waals surface area contributed by atoms with E-state index in [1.54, 1.807) is 0 Å². The molecule has 2 rings (SSSR count). The molecule has 2 nitrogen and oxygen atoms in total. The number of fused-ring (bicyclic) bond motifs is 1. The number of hydrogen-bond donors (Lipinski definition) is 2. The minimum absolute atomic E-state index is 0.240. The fourth-order valence-electron chi connectivity index (χ4n) is 1.52. The number of benzene rings is 1. The minimum Gasteiger partial charge on any atom is -0.396 e. The Labute approximate surface area is 65.9 Å². The molecule has 0 bridgehead atoms. The van der Waals surface area contributed by atoms with Gasteiger partial charge in [0.25, 0.3) is 0 Å². The van der Waals surface area contributed by atoms with E-state index in [1.807, 2.05) is 18.2 Å². The van der Waals surface area contributed by atoms with Crippen molar-refractivity contribution in [2.45, 2.75) is 5.92 Å². The molecule has 0 saturated heterocycles. The van der Waals surface area contributed by atoms with Crippen LogP contribution in [0, 0.1) is 0 Å². The van der Waals surface area contributed by atoms with Crippen LogP contribution in [0.25, 0.3) is 0 Å². The van der Waals surface area contributed by atoms with Crippen LogP contribution in [-0.4, -0.2) is 18.3 Å². The molecule has 0 unspecified atom stereocenters. The Morgan fingerprint density at radius 3 is 3.09 bits per heavy atom. The Hall–Kier alpha value is -1.02. The van der Waals surface area contributed by atoms with E-state index in [1.165, 1.54) is 11.3 Å². The molecule has 1 heterocycles. The fraction of sp³-hybridized carbons (Fsp3) is 0.333. The number of aliphatic hydroxyl groups excluding tert-OH is 1. The summed E-state index contributed by atoms with van der Waals surface area (Å²) in [6.45, 7) is 1.11. The first-order valence-corrected chi connectivity index (χ1v) is 3.85. The quantitative estimate of drug-likeness (QED) is 0.628. The third kappa shape index (κ3) is 0.994. The van der Waals surface area contributed by atoms with E-state index < -0.39 is 0 Å². The molecule has 2 heteroatoms. The lowest BCUT2D eigenvalue weighted by Gasteiger charge is -2.03. The summed E-state index contributed by atoms with van der Waals surface area (Å²) < 4.78 is 0. The molecule has 0 spiro atoms. The first-order valence-electron chi connectivity index (χ1n) is 3.85. The van der Waals surface area contributed by atoms with Crippen molar-refractivity contribution >= 4 is 5.69 Å². The van der Waals surface area contributed by atoms with Crippen molar-refractivity contribution in [1.29, 1.82) is 0 Å². The molecular weight excluding hydrogens is 138 g/mol. The van der Waals surface area contributed by atoms with E-state index in [0.29, 0.717) is 5.92 Å². The van der Waals surface area contributed by atoms with Gasteiger partial charge in [-0.1, -0.05) is 18.2 Å². The Kier molecular flexibility index (Phi) is 1.55. The smallest absolute Gasteiger partial charge is 0.0517 e. The van der Waals surface area contributed by atoms with Crippen LogP contribution < -0.4 is 5.32 Å². The van der Waals surface area contributed by atoms with Crippen LogP contribution in [0.15, 0.2) is 24.3 Å². The number of rotatable bonds is 1. The van der Waals surface area contributed by atoms with Crippen molar-refractivity contribution in [2.24, 2.45) is 0 Å². The molecule has 1 aromatic rings. The summed E-state index contributed by atoms with van der Waals surface area (Å²) >= 11 is 0. The lowest BCUT2D eigenvalue weighted by molar-refractivity contribution is 0.273. The molecule has 1 atom stereocenters. The lowest BCUT2D eigenvalue weighted by atomic mass is 10.0. The normalized spacial score (nSPS) is 21.0. The van der Waals surface area contributed by atoms with E-state index >= 15 is 0 Å². The van der Waals surface area contributed by atoms with E-state index in [-0.39, 0.29) is 6.61 Å². The van der Waals surface area contributed by atoms with Gasteiger partial charge in [-0.3, -0.25) is 0 Å². The van der Waals surface area contributed by atoms with Crippen LogP contribution in [0.1, 0.15) is 11.5 Å². The summed E-state index contributed by atoms with van der Waals surface area (Å²) in [6, 6.07) is 8.13. The van der Waals surface area contributed by atoms with Crippen LogP contribution in [0.5, 0.6) is 0 Å². The molecule has 0 saturated carbocycles. The van der Waals surface area contributed by atoms with Crippen LogP contribution >= 0.6 is 0 Å². The molecular formula is C9H11NO. The molecule has 0 aromatic heterocycles. The summed E-state index contributed by atoms with van der Waals surface area (Å²) in [7, 11) is 0. The van der Waals surface area contributed by atoms with Gasteiger partial charge in [-0.05, 0) is 11.6 Å². The molecule has 1 aromatic carbocycles. The van der Waals surface area contributed by atoms with Crippen molar-refractivity contribution < 1.29 is 5.11 Å². The highest BCUT2D eigenvalue weighted by molar-refractivity contribution is 5.57. The topological polar surface area (TPSA) is 32.3 Å². The molecule has 0 amide bonds. The third-order valence-electron chi connectivity index (χ3n) is 2.16. The standard InChI is InChI=1S/C9H11NO/c11-6-7-5-10-9-4-2-1-3-8(7)9/h1-4,7,10-11H,5-6H2/t7-/m0/s1. The summed E-state index contributed by atoms with van der Waals surface area (Å²) in [5, 5.41) is 12.2. The zero-order valence-electron chi connectivity index (χ0n) is 6.25. The zero-order valence-corrected chi connectivity index (χ0v) is 6.25. The second-order valence-electron chi connectivity index (χ2n) is 2.85. The van der Waals surface area contributed by atoms with Gasteiger partial charge in [0.2, 0.25) is 0 Å². The van der Waals surface area contributed by atoms with Crippen molar-refractivity contribution in [1.82, 2.24) is 0 Å². The highest BCUT2D eigenvalue weighted by Crippen LogP contribution is 2.29. The molecule has 0 fully saturated rings. The minimum atomic E-state index is 0.240. The van der Waals surface area contributed by atoms with Gasteiger partial charge in [-0.15, -0.1) is 0 Å². The average Bonchev–Trinajstić information content (AvgIpc) is 2.47. The van der Waals surface area contributed by atoms with E-state index in [9.17, 15) is 0 Å². The molecule has 2 N–H and O–H groups in total. The Morgan fingerprint density at radius 1 is 1.45 bits per heavy atom. The van der Waals surface area contributed by atoms with Gasteiger partial charge in [-0.25, -0.2) is 0 Å². The SMILES string of the molecule is OC[C@@H]1CNc2ccccc21. The summed E-state index contributed by atoms with van der Waals surface area (Å²) in [5.74, 6) is 0.297. The maximum absolute atomic E-state index is 8.97. The molecule has 11 heavy (non-hydrogen) atoms. The fourth-order valence-corrected chi connectivity index (χ4v) is 1.52. The largest absolute Gasteiger partial charge is 0.396 e. The number of aliphatic hydroxyl groups is 1. The monoisotopic (exact) mass is 149 g/mol. The third-order valence-corrected chi connectivity index (χ3v) is 2.16. The van der Waals surface area contributed by atoms with Crippen LogP contribution in [0.4, 0.5) is 5.69 Å². The Balaban J connectivity index is 2.39. The lowest BCUT2D eigenvalue weighted by Crippen LogP contribution is -2.05. The van der Waals surface area contributed by atoms with Crippen molar-refractivity contribution in [2.75, 3.05) is 18.5 Å².